The zero-order valence-electron chi connectivity index (χ0n) is 14.4. The smallest absolute Gasteiger partial charge is 0.255 e. The van der Waals surface area contributed by atoms with E-state index in [1.165, 1.54) is 29.9 Å². The fourth-order valence-electron chi connectivity index (χ4n) is 2.69. The zero-order valence-corrected chi connectivity index (χ0v) is 15.2. The predicted octanol–water partition coefficient (Wildman–Crippen LogP) is 3.64. The molecule has 8 heteroatoms. The van der Waals surface area contributed by atoms with Gasteiger partial charge in [-0.25, -0.2) is 4.98 Å². The van der Waals surface area contributed by atoms with E-state index in [4.69, 9.17) is 4.42 Å². The van der Waals surface area contributed by atoms with Crippen LogP contribution >= 0.6 is 11.3 Å². The molecular weight excluding hydrogens is 364 g/mol. The quantitative estimate of drug-likeness (QED) is 0.492. The third-order valence-electron chi connectivity index (χ3n) is 4.12. The second-order valence-corrected chi connectivity index (χ2v) is 6.84. The second kappa shape index (κ2) is 7.08. The van der Waals surface area contributed by atoms with Crippen LogP contribution in [0.4, 0.5) is 5.13 Å². The average Bonchev–Trinajstić information content (AvgIpc) is 3.41. The van der Waals surface area contributed by atoms with Crippen molar-refractivity contribution in [2.24, 2.45) is 0 Å². The number of nitrogens with one attached hydrogen (secondary N) is 3. The summed E-state index contributed by atoms with van der Waals surface area (Å²) in [6.45, 7) is 1.61. The molecule has 4 rings (SSSR count). The van der Waals surface area contributed by atoms with Crippen molar-refractivity contribution in [3.8, 4) is 11.3 Å². The van der Waals surface area contributed by atoms with E-state index < -0.39 is 6.04 Å². The molecule has 4 aromatic rings. The van der Waals surface area contributed by atoms with Crippen LogP contribution in [0, 0.1) is 0 Å². The molecular formula is C19H16N4O3S. The van der Waals surface area contributed by atoms with Crippen molar-refractivity contribution in [2.75, 3.05) is 5.32 Å². The van der Waals surface area contributed by atoms with Gasteiger partial charge in [-0.1, -0.05) is 18.2 Å². The summed E-state index contributed by atoms with van der Waals surface area (Å²) < 4.78 is 4.87. The summed E-state index contributed by atoms with van der Waals surface area (Å²) in [7, 11) is 0. The molecule has 0 aliphatic heterocycles. The maximum atomic E-state index is 12.3. The topological polar surface area (TPSA) is 100 Å². The number of aromatic nitrogens is 2. The van der Waals surface area contributed by atoms with Crippen LogP contribution in [-0.4, -0.2) is 27.8 Å². The van der Waals surface area contributed by atoms with Gasteiger partial charge in [0.1, 0.15) is 12.3 Å². The molecule has 1 aromatic carbocycles. The highest BCUT2D eigenvalue weighted by molar-refractivity contribution is 7.14. The van der Waals surface area contributed by atoms with Crippen molar-refractivity contribution in [2.45, 2.75) is 13.0 Å². The standard InChI is InChI=1S/C19H16N4O3S/c1-11(21-18(25)12-6-7-26-9-12)17(24)23-19-22-16(10-27-19)14-8-20-15-5-3-2-4-13(14)15/h2-11,20H,1H3,(H,21,25)(H,22,23,24). The first kappa shape index (κ1) is 17.0. The van der Waals surface area contributed by atoms with Gasteiger partial charge in [-0.2, -0.15) is 0 Å². The number of thiazole rings is 1. The normalized spacial score (nSPS) is 12.0. The third kappa shape index (κ3) is 3.47. The van der Waals surface area contributed by atoms with Gasteiger partial charge >= 0.3 is 0 Å². The van der Waals surface area contributed by atoms with Crippen molar-refractivity contribution < 1.29 is 14.0 Å². The van der Waals surface area contributed by atoms with Gasteiger partial charge in [0.2, 0.25) is 5.91 Å². The summed E-state index contributed by atoms with van der Waals surface area (Å²) in [5.74, 6) is -0.711. The van der Waals surface area contributed by atoms with Gasteiger partial charge in [-0.15, -0.1) is 11.3 Å². The number of carbonyl (C=O) groups is 2. The van der Waals surface area contributed by atoms with Crippen LogP contribution in [0.15, 0.2) is 58.9 Å². The Morgan fingerprint density at radius 1 is 1.26 bits per heavy atom. The molecule has 3 aromatic heterocycles. The van der Waals surface area contributed by atoms with E-state index in [1.54, 1.807) is 6.92 Å². The molecule has 0 fully saturated rings. The van der Waals surface area contributed by atoms with E-state index in [9.17, 15) is 9.59 Å². The summed E-state index contributed by atoms with van der Waals surface area (Å²) in [6.07, 6.45) is 4.63. The van der Waals surface area contributed by atoms with Gasteiger partial charge in [0.05, 0.1) is 17.5 Å². The molecule has 0 radical (unpaired) electrons. The van der Waals surface area contributed by atoms with Gasteiger partial charge in [-0.05, 0) is 19.1 Å². The number of anilines is 1. The minimum Gasteiger partial charge on any atom is -0.472 e. The average molecular weight is 380 g/mol. The molecule has 7 nitrogen and oxygen atoms in total. The first-order valence-electron chi connectivity index (χ1n) is 8.28. The number of aromatic amines is 1. The molecule has 3 heterocycles. The number of H-pyrrole nitrogens is 1. The van der Waals surface area contributed by atoms with Gasteiger partial charge in [0, 0.05) is 28.0 Å². The van der Waals surface area contributed by atoms with Crippen molar-refractivity contribution in [3.05, 3.63) is 60.0 Å². The van der Waals surface area contributed by atoms with Crippen molar-refractivity contribution >= 4 is 39.2 Å². The summed E-state index contributed by atoms with van der Waals surface area (Å²) in [4.78, 5) is 32.0. The lowest BCUT2D eigenvalue weighted by molar-refractivity contribution is -0.117. The molecule has 0 aliphatic carbocycles. The summed E-state index contributed by atoms with van der Waals surface area (Å²) in [5, 5.41) is 8.80. The molecule has 0 aliphatic rings. The second-order valence-electron chi connectivity index (χ2n) is 5.98. The van der Waals surface area contributed by atoms with Crippen LogP contribution in [-0.2, 0) is 4.79 Å². The number of rotatable bonds is 5. The summed E-state index contributed by atoms with van der Waals surface area (Å²) in [5.41, 5.74) is 3.15. The minimum absolute atomic E-state index is 0.341. The lowest BCUT2D eigenvalue weighted by Crippen LogP contribution is -2.41. The van der Waals surface area contributed by atoms with Crippen LogP contribution in [0.1, 0.15) is 17.3 Å². The number of fused-ring (bicyclic) bond motifs is 1. The van der Waals surface area contributed by atoms with E-state index in [-0.39, 0.29) is 11.8 Å². The number of hydrogen-bond acceptors (Lipinski definition) is 5. The Labute approximate surface area is 158 Å². The number of carbonyl (C=O) groups excluding carboxylic acids is 2. The molecule has 0 saturated heterocycles. The Kier molecular flexibility index (Phi) is 4.47. The Bertz CT molecular complexity index is 1100. The molecule has 2 amide bonds. The Hall–Kier alpha value is -3.39. The number of para-hydroxylation sites is 1. The highest BCUT2D eigenvalue weighted by atomic mass is 32.1. The first-order valence-corrected chi connectivity index (χ1v) is 9.16. The largest absolute Gasteiger partial charge is 0.472 e. The van der Waals surface area contributed by atoms with Crippen molar-refractivity contribution in [1.82, 2.24) is 15.3 Å². The molecule has 3 N–H and O–H groups in total. The van der Waals surface area contributed by atoms with Crippen LogP contribution in [0.5, 0.6) is 0 Å². The summed E-state index contributed by atoms with van der Waals surface area (Å²) in [6, 6.07) is 8.78. The molecule has 0 spiro atoms. The number of amides is 2. The first-order chi connectivity index (χ1) is 13.1. The monoisotopic (exact) mass is 380 g/mol. The molecule has 1 atom stereocenters. The van der Waals surface area contributed by atoms with Crippen LogP contribution < -0.4 is 10.6 Å². The van der Waals surface area contributed by atoms with Crippen molar-refractivity contribution in [1.29, 1.82) is 0 Å². The van der Waals surface area contributed by atoms with E-state index in [1.807, 2.05) is 35.8 Å². The van der Waals surface area contributed by atoms with E-state index in [2.05, 4.69) is 20.6 Å². The highest BCUT2D eigenvalue weighted by Crippen LogP contribution is 2.30. The molecule has 27 heavy (non-hydrogen) atoms. The van der Waals surface area contributed by atoms with Crippen LogP contribution in [0.2, 0.25) is 0 Å². The fourth-order valence-corrected chi connectivity index (χ4v) is 3.40. The minimum atomic E-state index is -0.715. The summed E-state index contributed by atoms with van der Waals surface area (Å²) >= 11 is 1.33. The number of furan rings is 1. The number of hydrogen-bond donors (Lipinski definition) is 3. The van der Waals surface area contributed by atoms with Gasteiger partial charge < -0.3 is 20.0 Å². The Balaban J connectivity index is 1.44. The van der Waals surface area contributed by atoms with E-state index >= 15 is 0 Å². The highest BCUT2D eigenvalue weighted by Gasteiger charge is 2.19. The van der Waals surface area contributed by atoms with Crippen LogP contribution in [0.25, 0.3) is 22.2 Å². The number of benzene rings is 1. The zero-order chi connectivity index (χ0) is 18.8. The molecule has 136 valence electrons. The Morgan fingerprint density at radius 2 is 2.11 bits per heavy atom. The predicted molar refractivity (Wildman–Crippen MR) is 104 cm³/mol. The Morgan fingerprint density at radius 3 is 2.93 bits per heavy atom. The maximum absolute atomic E-state index is 12.3. The number of nitrogens with zero attached hydrogens (tertiary/aromatic N) is 1. The maximum Gasteiger partial charge on any atom is 0.255 e. The SMILES string of the molecule is CC(NC(=O)c1ccoc1)C(=O)Nc1nc(-c2c[nH]c3ccccc23)cs1. The molecule has 0 saturated carbocycles. The lowest BCUT2D eigenvalue weighted by Gasteiger charge is -2.12. The van der Waals surface area contributed by atoms with Gasteiger partial charge in [-0.3, -0.25) is 9.59 Å². The molecule has 0 bridgehead atoms. The van der Waals surface area contributed by atoms with E-state index in [0.717, 1.165) is 22.2 Å². The fraction of sp³-hybridized carbons (Fsp3) is 0.105. The van der Waals surface area contributed by atoms with Crippen LogP contribution in [0.3, 0.4) is 0 Å². The van der Waals surface area contributed by atoms with Gasteiger partial charge in [0.15, 0.2) is 5.13 Å². The third-order valence-corrected chi connectivity index (χ3v) is 4.88. The molecule has 1 unspecified atom stereocenters. The lowest BCUT2D eigenvalue weighted by atomic mass is 10.1. The van der Waals surface area contributed by atoms with Gasteiger partial charge in [0.25, 0.3) is 5.91 Å². The van der Waals surface area contributed by atoms with Crippen molar-refractivity contribution in [3.63, 3.8) is 0 Å². The van der Waals surface area contributed by atoms with E-state index in [0.29, 0.717) is 10.7 Å².